The van der Waals surface area contributed by atoms with Gasteiger partial charge in [-0.1, -0.05) is 13.3 Å². The highest BCUT2D eigenvalue weighted by Gasteiger charge is 2.30. The van der Waals surface area contributed by atoms with Crippen LogP contribution in [0.15, 0.2) is 51.7 Å². The minimum absolute atomic E-state index is 0.197. The molecule has 28 heavy (non-hydrogen) atoms. The van der Waals surface area contributed by atoms with E-state index in [1.54, 1.807) is 4.90 Å². The highest BCUT2D eigenvalue weighted by molar-refractivity contribution is 5.85. The second-order valence-corrected chi connectivity index (χ2v) is 6.78. The molecule has 1 aromatic heterocycles. The van der Waals surface area contributed by atoms with Crippen molar-refractivity contribution in [3.05, 3.63) is 69.6 Å². The Morgan fingerprint density at radius 3 is 2.54 bits per heavy atom. The summed E-state index contributed by atoms with van der Waals surface area (Å²) in [5.41, 5.74) is 1.60. The molecule has 0 saturated heterocycles. The van der Waals surface area contributed by atoms with E-state index in [4.69, 9.17) is 9.15 Å². The molecular weight excluding hydrogens is 371 g/mol. The lowest BCUT2D eigenvalue weighted by Crippen LogP contribution is -2.32. The number of hydrogen-bond donors (Lipinski definition) is 0. The third kappa shape index (κ3) is 3.32. The lowest BCUT2D eigenvalue weighted by Gasteiger charge is -2.31. The molecule has 0 saturated carbocycles. The Bertz CT molecular complexity index is 1070. The first-order valence-corrected chi connectivity index (χ1v) is 9.00. The molecule has 0 amide bonds. The zero-order valence-electron chi connectivity index (χ0n) is 15.2. The first-order chi connectivity index (χ1) is 13.4. The van der Waals surface area contributed by atoms with Crippen LogP contribution in [0, 0.1) is 0 Å². The van der Waals surface area contributed by atoms with Gasteiger partial charge in [0.2, 0.25) is 0 Å². The molecule has 1 aliphatic heterocycles. The van der Waals surface area contributed by atoms with Gasteiger partial charge in [-0.2, -0.15) is 13.2 Å². The van der Waals surface area contributed by atoms with Crippen molar-refractivity contribution in [1.82, 2.24) is 0 Å². The molecule has 0 fully saturated rings. The van der Waals surface area contributed by atoms with Crippen LogP contribution in [0.5, 0.6) is 5.75 Å². The molecule has 4 nitrogen and oxygen atoms in total. The van der Waals surface area contributed by atoms with Crippen LogP contribution in [0.25, 0.3) is 11.0 Å². The molecule has 7 heteroatoms. The molecule has 2 aromatic carbocycles. The Balaban J connectivity index is 1.73. The molecule has 146 valence electrons. The second-order valence-electron chi connectivity index (χ2n) is 6.78. The third-order valence-electron chi connectivity index (χ3n) is 4.86. The summed E-state index contributed by atoms with van der Waals surface area (Å²) >= 11 is 0. The van der Waals surface area contributed by atoms with Gasteiger partial charge in [-0.15, -0.1) is 0 Å². The van der Waals surface area contributed by atoms with Crippen molar-refractivity contribution in [2.24, 2.45) is 0 Å². The molecule has 0 aliphatic carbocycles. The number of anilines is 1. The molecule has 0 radical (unpaired) electrons. The number of halogens is 3. The average molecular weight is 389 g/mol. The molecule has 0 unspecified atom stereocenters. The molecule has 0 bridgehead atoms. The van der Waals surface area contributed by atoms with E-state index >= 15 is 0 Å². The monoisotopic (exact) mass is 389 g/mol. The van der Waals surface area contributed by atoms with Crippen LogP contribution in [0.1, 0.15) is 30.0 Å². The average Bonchev–Trinajstić information content (AvgIpc) is 2.67. The van der Waals surface area contributed by atoms with Crippen LogP contribution in [-0.2, 0) is 19.1 Å². The van der Waals surface area contributed by atoms with Crippen LogP contribution in [0.4, 0.5) is 18.9 Å². The standard InChI is InChI=1S/C21H18F3NO3/c1-2-3-13-10-19(26)28-20-16(13)8-9-18-17(20)11-25(12-27-18)15-6-4-14(5-7-15)21(22,23)24/h4-10H,2-3,11-12H2,1H3. The summed E-state index contributed by atoms with van der Waals surface area (Å²) in [4.78, 5) is 13.8. The van der Waals surface area contributed by atoms with Crippen molar-refractivity contribution in [2.75, 3.05) is 11.6 Å². The fourth-order valence-corrected chi connectivity index (χ4v) is 3.50. The summed E-state index contributed by atoms with van der Waals surface area (Å²) in [7, 11) is 0. The van der Waals surface area contributed by atoms with E-state index in [1.165, 1.54) is 18.2 Å². The van der Waals surface area contributed by atoms with Crippen molar-refractivity contribution in [1.29, 1.82) is 0 Å². The van der Waals surface area contributed by atoms with Crippen molar-refractivity contribution in [2.45, 2.75) is 32.5 Å². The summed E-state index contributed by atoms with van der Waals surface area (Å²) in [6.07, 6.45) is -2.73. The van der Waals surface area contributed by atoms with Gasteiger partial charge in [0, 0.05) is 17.1 Å². The van der Waals surface area contributed by atoms with Crippen LogP contribution >= 0.6 is 0 Å². The molecule has 4 rings (SSSR count). The summed E-state index contributed by atoms with van der Waals surface area (Å²) in [5, 5.41) is 0.859. The number of ether oxygens (including phenoxy) is 1. The smallest absolute Gasteiger partial charge is 0.416 e. The SMILES string of the molecule is CCCc1cc(=O)oc2c3c(ccc12)OCN(c1ccc(C(F)(F)F)cc1)C3. The highest BCUT2D eigenvalue weighted by Crippen LogP contribution is 2.36. The van der Waals surface area contributed by atoms with E-state index in [0.29, 0.717) is 23.6 Å². The van der Waals surface area contributed by atoms with Gasteiger partial charge in [0.1, 0.15) is 11.3 Å². The summed E-state index contributed by atoms with van der Waals surface area (Å²) in [6, 6.07) is 10.2. The molecule has 1 aliphatic rings. The number of hydrogen-bond acceptors (Lipinski definition) is 4. The largest absolute Gasteiger partial charge is 0.473 e. The molecule has 2 heterocycles. The molecule has 0 atom stereocenters. The van der Waals surface area contributed by atoms with Crippen LogP contribution in [0.2, 0.25) is 0 Å². The number of rotatable bonds is 3. The minimum atomic E-state index is -4.38. The molecule has 3 aromatic rings. The zero-order valence-corrected chi connectivity index (χ0v) is 15.2. The molecular formula is C21H18F3NO3. The lowest BCUT2D eigenvalue weighted by atomic mass is 10.0. The minimum Gasteiger partial charge on any atom is -0.473 e. The van der Waals surface area contributed by atoms with Crippen molar-refractivity contribution < 1.29 is 22.3 Å². The number of aryl methyl sites for hydroxylation is 1. The fraction of sp³-hybridized carbons (Fsp3) is 0.286. The Labute approximate surface area is 159 Å². The maximum absolute atomic E-state index is 12.8. The number of benzene rings is 2. The molecule has 0 spiro atoms. The van der Waals surface area contributed by atoms with Crippen LogP contribution < -0.4 is 15.3 Å². The van der Waals surface area contributed by atoms with E-state index in [9.17, 15) is 18.0 Å². The predicted octanol–water partition coefficient (Wildman–Crippen LogP) is 5.12. The summed E-state index contributed by atoms with van der Waals surface area (Å²) in [5.74, 6) is 0.618. The van der Waals surface area contributed by atoms with Gasteiger partial charge in [-0.05, 0) is 48.4 Å². The van der Waals surface area contributed by atoms with Gasteiger partial charge >= 0.3 is 11.8 Å². The van der Waals surface area contributed by atoms with E-state index in [0.717, 1.165) is 41.5 Å². The van der Waals surface area contributed by atoms with Gasteiger partial charge in [0.05, 0.1) is 17.7 Å². The van der Waals surface area contributed by atoms with E-state index < -0.39 is 17.4 Å². The third-order valence-corrected chi connectivity index (χ3v) is 4.86. The van der Waals surface area contributed by atoms with E-state index in [1.807, 2.05) is 19.1 Å². The van der Waals surface area contributed by atoms with E-state index in [2.05, 4.69) is 0 Å². The van der Waals surface area contributed by atoms with Gasteiger partial charge in [-0.3, -0.25) is 0 Å². The quantitative estimate of drug-likeness (QED) is 0.583. The zero-order chi connectivity index (χ0) is 19.9. The van der Waals surface area contributed by atoms with Crippen LogP contribution in [-0.4, -0.2) is 6.73 Å². The summed E-state index contributed by atoms with van der Waals surface area (Å²) in [6.45, 7) is 2.60. The Morgan fingerprint density at radius 2 is 1.86 bits per heavy atom. The second kappa shape index (κ2) is 6.89. The predicted molar refractivity (Wildman–Crippen MR) is 99.6 cm³/mol. The van der Waals surface area contributed by atoms with Crippen LogP contribution in [0.3, 0.4) is 0 Å². The van der Waals surface area contributed by atoms with Gasteiger partial charge in [0.15, 0.2) is 6.73 Å². The summed E-state index contributed by atoms with van der Waals surface area (Å²) < 4.78 is 49.6. The number of alkyl halides is 3. The first-order valence-electron chi connectivity index (χ1n) is 9.00. The Hall–Kier alpha value is -2.96. The fourth-order valence-electron chi connectivity index (χ4n) is 3.50. The van der Waals surface area contributed by atoms with Gasteiger partial charge in [0.25, 0.3) is 0 Å². The topological polar surface area (TPSA) is 42.7 Å². The molecule has 0 N–H and O–H groups in total. The number of nitrogens with zero attached hydrogens (tertiary/aromatic N) is 1. The lowest BCUT2D eigenvalue weighted by molar-refractivity contribution is -0.137. The first kappa shape index (κ1) is 18.4. The maximum Gasteiger partial charge on any atom is 0.416 e. The normalized spacial score (nSPS) is 14.1. The Kier molecular flexibility index (Phi) is 4.53. The Morgan fingerprint density at radius 1 is 1.11 bits per heavy atom. The highest BCUT2D eigenvalue weighted by atomic mass is 19.4. The van der Waals surface area contributed by atoms with Gasteiger partial charge < -0.3 is 14.1 Å². The number of fused-ring (bicyclic) bond motifs is 3. The van der Waals surface area contributed by atoms with Gasteiger partial charge in [-0.25, -0.2) is 4.79 Å². The van der Waals surface area contributed by atoms with Crippen molar-refractivity contribution in [3.8, 4) is 5.75 Å². The van der Waals surface area contributed by atoms with Crippen molar-refractivity contribution in [3.63, 3.8) is 0 Å². The van der Waals surface area contributed by atoms with Crippen molar-refractivity contribution >= 4 is 16.7 Å². The maximum atomic E-state index is 12.8. The van der Waals surface area contributed by atoms with E-state index in [-0.39, 0.29) is 6.73 Å².